The van der Waals surface area contributed by atoms with Gasteiger partial charge in [-0.2, -0.15) is 0 Å². The summed E-state index contributed by atoms with van der Waals surface area (Å²) in [6, 6.07) is 10.3. The molecule has 0 heterocycles. The molecule has 0 bridgehead atoms. The van der Waals surface area contributed by atoms with Crippen molar-refractivity contribution in [3.8, 4) is 0 Å². The lowest BCUT2D eigenvalue weighted by Gasteiger charge is -2.09. The zero-order valence-electron chi connectivity index (χ0n) is 14.0. The Labute approximate surface area is 151 Å². The molecule has 9 heteroatoms. The number of benzene rings is 2. The Balaban J connectivity index is 2.07. The number of anilines is 1. The summed E-state index contributed by atoms with van der Waals surface area (Å²) in [6.45, 7) is 2.32. The second-order valence-electron chi connectivity index (χ2n) is 5.42. The molecule has 138 valence electrons. The van der Waals surface area contributed by atoms with Crippen LogP contribution in [0.3, 0.4) is 0 Å². The lowest BCUT2D eigenvalue weighted by atomic mass is 10.2. The van der Waals surface area contributed by atoms with E-state index < -0.39 is 20.9 Å². The van der Waals surface area contributed by atoms with Gasteiger partial charge in [0.05, 0.1) is 22.0 Å². The normalized spacial score (nSPS) is 11.0. The van der Waals surface area contributed by atoms with E-state index in [1.54, 1.807) is 0 Å². The summed E-state index contributed by atoms with van der Waals surface area (Å²) in [5, 5.41) is 10.6. The highest BCUT2D eigenvalue weighted by molar-refractivity contribution is 7.92. The van der Waals surface area contributed by atoms with Crippen molar-refractivity contribution in [3.05, 3.63) is 64.2 Å². The predicted molar refractivity (Wildman–Crippen MR) is 95.5 cm³/mol. The van der Waals surface area contributed by atoms with Crippen LogP contribution in [0.5, 0.6) is 0 Å². The molecule has 0 saturated carbocycles. The van der Waals surface area contributed by atoms with Crippen molar-refractivity contribution in [1.29, 1.82) is 0 Å². The average Bonchev–Trinajstić information content (AvgIpc) is 2.62. The van der Waals surface area contributed by atoms with Gasteiger partial charge in [-0.05, 0) is 42.8 Å². The zero-order chi connectivity index (χ0) is 19.2. The van der Waals surface area contributed by atoms with E-state index in [-0.39, 0.29) is 16.3 Å². The van der Waals surface area contributed by atoms with E-state index in [0.717, 1.165) is 37.1 Å². The molecule has 0 aromatic heterocycles. The minimum Gasteiger partial charge on any atom is -0.462 e. The maximum Gasteiger partial charge on any atom is 0.338 e. The van der Waals surface area contributed by atoms with Gasteiger partial charge in [0.1, 0.15) is 0 Å². The molecule has 0 aliphatic carbocycles. The summed E-state index contributed by atoms with van der Waals surface area (Å²) >= 11 is 0. The summed E-state index contributed by atoms with van der Waals surface area (Å²) < 4.78 is 32.0. The Bertz CT molecular complexity index is 876. The van der Waals surface area contributed by atoms with E-state index in [0.29, 0.717) is 12.2 Å². The SMILES string of the molecule is CCCCOC(=O)c1ccc(NS(=O)(=O)c2ccc([N+](=O)[O-])cc2)cc1. The Hall–Kier alpha value is -2.94. The first kappa shape index (κ1) is 19.4. The maximum atomic E-state index is 12.3. The number of nitrogens with zero attached hydrogens (tertiary/aromatic N) is 1. The van der Waals surface area contributed by atoms with E-state index in [4.69, 9.17) is 4.74 Å². The first-order valence-corrected chi connectivity index (χ1v) is 9.36. The molecular formula is C17H18N2O6S. The first-order valence-electron chi connectivity index (χ1n) is 7.88. The predicted octanol–water partition coefficient (Wildman–Crippen LogP) is 3.35. The number of nitro groups is 1. The molecule has 2 rings (SSSR count). The number of hydrogen-bond acceptors (Lipinski definition) is 6. The van der Waals surface area contributed by atoms with Gasteiger partial charge in [0.15, 0.2) is 0 Å². The number of rotatable bonds is 8. The lowest BCUT2D eigenvalue weighted by molar-refractivity contribution is -0.384. The zero-order valence-corrected chi connectivity index (χ0v) is 14.9. The number of ether oxygens (including phenoxy) is 1. The quantitative estimate of drug-likeness (QED) is 0.326. The van der Waals surface area contributed by atoms with Crippen molar-refractivity contribution in [1.82, 2.24) is 0 Å². The molecule has 0 aliphatic heterocycles. The number of esters is 1. The van der Waals surface area contributed by atoms with Crippen LogP contribution < -0.4 is 4.72 Å². The summed E-state index contributed by atoms with van der Waals surface area (Å²) in [5.74, 6) is -0.469. The average molecular weight is 378 g/mol. The molecule has 8 nitrogen and oxygen atoms in total. The van der Waals surface area contributed by atoms with Crippen molar-refractivity contribution >= 4 is 27.4 Å². The topological polar surface area (TPSA) is 116 Å². The van der Waals surface area contributed by atoms with Gasteiger partial charge in [-0.25, -0.2) is 13.2 Å². The summed E-state index contributed by atoms with van der Waals surface area (Å²) in [6.07, 6.45) is 1.69. The van der Waals surface area contributed by atoms with Crippen LogP contribution in [-0.4, -0.2) is 25.9 Å². The van der Waals surface area contributed by atoms with E-state index in [9.17, 15) is 23.3 Å². The minimum absolute atomic E-state index is 0.105. The fourth-order valence-electron chi connectivity index (χ4n) is 2.03. The second kappa shape index (κ2) is 8.43. The highest BCUT2D eigenvalue weighted by Crippen LogP contribution is 2.19. The first-order chi connectivity index (χ1) is 12.3. The van der Waals surface area contributed by atoms with Crippen molar-refractivity contribution < 1.29 is 22.9 Å². The van der Waals surface area contributed by atoms with Gasteiger partial charge in [0.25, 0.3) is 15.7 Å². The van der Waals surface area contributed by atoms with Gasteiger partial charge in [-0.1, -0.05) is 13.3 Å². The highest BCUT2D eigenvalue weighted by atomic mass is 32.2. The fourth-order valence-corrected chi connectivity index (χ4v) is 3.09. The number of sulfonamides is 1. The molecule has 0 atom stereocenters. The Morgan fingerprint density at radius 2 is 1.73 bits per heavy atom. The van der Waals surface area contributed by atoms with Gasteiger partial charge < -0.3 is 4.74 Å². The molecule has 0 amide bonds. The van der Waals surface area contributed by atoms with Crippen LogP contribution >= 0.6 is 0 Å². The summed E-state index contributed by atoms with van der Waals surface area (Å²) in [4.78, 5) is 21.7. The molecule has 0 saturated heterocycles. The number of non-ortho nitro benzene ring substituents is 1. The van der Waals surface area contributed by atoms with Gasteiger partial charge in [0, 0.05) is 17.8 Å². The van der Waals surface area contributed by atoms with Crippen molar-refractivity contribution in [2.75, 3.05) is 11.3 Å². The van der Waals surface area contributed by atoms with Crippen LogP contribution in [0.2, 0.25) is 0 Å². The molecule has 0 unspecified atom stereocenters. The largest absolute Gasteiger partial charge is 0.462 e. The third-order valence-corrected chi connectivity index (χ3v) is 4.86. The number of hydrogen-bond donors (Lipinski definition) is 1. The Morgan fingerprint density at radius 3 is 2.27 bits per heavy atom. The Morgan fingerprint density at radius 1 is 1.12 bits per heavy atom. The minimum atomic E-state index is -3.90. The van der Waals surface area contributed by atoms with Gasteiger partial charge in [-0.15, -0.1) is 0 Å². The van der Waals surface area contributed by atoms with Crippen molar-refractivity contribution in [3.63, 3.8) is 0 Å². The second-order valence-corrected chi connectivity index (χ2v) is 7.11. The molecule has 1 N–H and O–H groups in total. The molecule has 26 heavy (non-hydrogen) atoms. The standard InChI is InChI=1S/C17H18N2O6S/c1-2-3-12-25-17(20)13-4-6-14(7-5-13)18-26(23,24)16-10-8-15(9-11-16)19(21)22/h4-11,18H,2-3,12H2,1H3. The molecule has 2 aromatic carbocycles. The highest BCUT2D eigenvalue weighted by Gasteiger charge is 2.16. The molecule has 2 aromatic rings. The number of nitro benzene ring substituents is 1. The van der Waals surface area contributed by atoms with Crippen LogP contribution in [0.25, 0.3) is 0 Å². The van der Waals surface area contributed by atoms with Crippen LogP contribution in [0.15, 0.2) is 53.4 Å². The van der Waals surface area contributed by atoms with Crippen LogP contribution in [0.4, 0.5) is 11.4 Å². The van der Waals surface area contributed by atoms with E-state index in [1.165, 1.54) is 24.3 Å². The van der Waals surface area contributed by atoms with Crippen LogP contribution in [0, 0.1) is 10.1 Å². The molecule has 0 spiro atoms. The number of unbranched alkanes of at least 4 members (excludes halogenated alkanes) is 1. The van der Waals surface area contributed by atoms with Crippen LogP contribution in [0.1, 0.15) is 30.1 Å². The van der Waals surface area contributed by atoms with Crippen molar-refractivity contribution in [2.24, 2.45) is 0 Å². The number of carbonyl (C=O) groups excluding carboxylic acids is 1. The lowest BCUT2D eigenvalue weighted by Crippen LogP contribution is -2.13. The smallest absolute Gasteiger partial charge is 0.338 e. The third-order valence-electron chi connectivity index (χ3n) is 3.46. The molecule has 0 fully saturated rings. The molecule has 0 radical (unpaired) electrons. The monoisotopic (exact) mass is 378 g/mol. The molecular weight excluding hydrogens is 360 g/mol. The summed E-state index contributed by atoms with van der Waals surface area (Å²) in [7, 11) is -3.90. The van der Waals surface area contributed by atoms with E-state index in [2.05, 4.69) is 4.72 Å². The van der Waals surface area contributed by atoms with Gasteiger partial charge in [-0.3, -0.25) is 14.8 Å². The third kappa shape index (κ3) is 5.03. The Kier molecular flexibility index (Phi) is 6.29. The molecule has 0 aliphatic rings. The number of carbonyl (C=O) groups is 1. The van der Waals surface area contributed by atoms with E-state index in [1.807, 2.05) is 6.92 Å². The summed E-state index contributed by atoms with van der Waals surface area (Å²) in [5.41, 5.74) is 0.378. The van der Waals surface area contributed by atoms with Crippen molar-refractivity contribution in [2.45, 2.75) is 24.7 Å². The van der Waals surface area contributed by atoms with Gasteiger partial charge in [0.2, 0.25) is 0 Å². The van der Waals surface area contributed by atoms with E-state index >= 15 is 0 Å². The maximum absolute atomic E-state index is 12.3. The number of nitrogens with one attached hydrogen (secondary N) is 1. The fraction of sp³-hybridized carbons (Fsp3) is 0.235. The van der Waals surface area contributed by atoms with Crippen LogP contribution in [-0.2, 0) is 14.8 Å². The van der Waals surface area contributed by atoms with Gasteiger partial charge >= 0.3 is 5.97 Å².